The molecule has 1 aromatic heterocycles. The molecule has 0 atom stereocenters. The number of carboxylic acid groups (broad SMARTS) is 1. The standard InChI is InChI=1S/C11H8ClF2NO2/c12-7-1-2-8-6(3-7)4-9(15-8)11(13,14)5-10(16)17/h1-4,15H,5H2,(H,16,17). The monoisotopic (exact) mass is 259 g/mol. The summed E-state index contributed by atoms with van der Waals surface area (Å²) in [6.07, 6.45) is -1.24. The molecule has 2 rings (SSSR count). The first-order valence-corrected chi connectivity index (χ1v) is 5.15. The number of halogens is 3. The molecule has 90 valence electrons. The van der Waals surface area contributed by atoms with Crippen LogP contribution >= 0.6 is 11.6 Å². The Kier molecular flexibility index (Phi) is 2.79. The molecule has 0 aliphatic heterocycles. The summed E-state index contributed by atoms with van der Waals surface area (Å²) in [7, 11) is 0. The minimum Gasteiger partial charge on any atom is -0.481 e. The Bertz CT molecular complexity index is 580. The number of alkyl halides is 2. The van der Waals surface area contributed by atoms with Crippen molar-refractivity contribution >= 4 is 28.5 Å². The maximum Gasteiger partial charge on any atom is 0.309 e. The number of H-pyrrole nitrogens is 1. The van der Waals surface area contributed by atoms with Crippen LogP contribution in [0.25, 0.3) is 10.9 Å². The molecule has 0 aliphatic carbocycles. The lowest BCUT2D eigenvalue weighted by Crippen LogP contribution is -2.18. The molecule has 6 heteroatoms. The molecule has 0 unspecified atom stereocenters. The van der Waals surface area contributed by atoms with Crippen molar-refractivity contribution in [3.05, 3.63) is 35.0 Å². The van der Waals surface area contributed by atoms with Crippen molar-refractivity contribution in [2.45, 2.75) is 12.3 Å². The maximum absolute atomic E-state index is 13.5. The summed E-state index contributed by atoms with van der Waals surface area (Å²) in [6.45, 7) is 0. The lowest BCUT2D eigenvalue weighted by atomic mass is 10.1. The fourth-order valence-electron chi connectivity index (χ4n) is 1.59. The first-order chi connectivity index (χ1) is 7.88. The number of rotatable bonds is 3. The van der Waals surface area contributed by atoms with Crippen LogP contribution in [-0.2, 0) is 10.7 Å². The van der Waals surface area contributed by atoms with Gasteiger partial charge in [0.1, 0.15) is 6.42 Å². The second kappa shape index (κ2) is 4.00. The van der Waals surface area contributed by atoms with Gasteiger partial charge in [-0.3, -0.25) is 4.79 Å². The van der Waals surface area contributed by atoms with Crippen LogP contribution in [0.4, 0.5) is 8.78 Å². The highest BCUT2D eigenvalue weighted by Gasteiger charge is 2.36. The summed E-state index contributed by atoms with van der Waals surface area (Å²) in [6, 6.07) is 5.88. The van der Waals surface area contributed by atoms with Gasteiger partial charge in [-0.25, -0.2) is 0 Å². The lowest BCUT2D eigenvalue weighted by molar-refractivity contribution is -0.145. The largest absolute Gasteiger partial charge is 0.481 e. The number of aromatic amines is 1. The fourth-order valence-corrected chi connectivity index (χ4v) is 1.77. The van der Waals surface area contributed by atoms with E-state index in [0.717, 1.165) is 0 Å². The van der Waals surface area contributed by atoms with Crippen molar-refractivity contribution in [2.24, 2.45) is 0 Å². The normalized spacial score (nSPS) is 11.9. The Balaban J connectivity index is 2.45. The Morgan fingerprint density at radius 3 is 2.76 bits per heavy atom. The Morgan fingerprint density at radius 2 is 2.12 bits per heavy atom. The first-order valence-electron chi connectivity index (χ1n) is 4.77. The number of nitrogens with one attached hydrogen (secondary N) is 1. The van der Waals surface area contributed by atoms with Gasteiger partial charge in [0.15, 0.2) is 0 Å². The second-order valence-corrected chi connectivity index (χ2v) is 4.13. The average Bonchev–Trinajstić information content (AvgIpc) is 2.58. The lowest BCUT2D eigenvalue weighted by Gasteiger charge is -2.11. The minimum atomic E-state index is -3.42. The highest BCUT2D eigenvalue weighted by Crippen LogP contribution is 2.33. The number of aliphatic carboxylic acids is 1. The number of hydrogen-bond acceptors (Lipinski definition) is 1. The second-order valence-electron chi connectivity index (χ2n) is 3.69. The number of hydrogen-bond donors (Lipinski definition) is 2. The summed E-state index contributed by atoms with van der Waals surface area (Å²) < 4.78 is 27.0. The average molecular weight is 260 g/mol. The molecule has 0 saturated heterocycles. The van der Waals surface area contributed by atoms with E-state index in [-0.39, 0.29) is 0 Å². The fraction of sp³-hybridized carbons (Fsp3) is 0.182. The van der Waals surface area contributed by atoms with Gasteiger partial charge in [-0.2, -0.15) is 8.78 Å². The van der Waals surface area contributed by atoms with Crippen LogP contribution in [0.1, 0.15) is 12.1 Å². The van der Waals surface area contributed by atoms with E-state index < -0.39 is 24.0 Å². The van der Waals surface area contributed by atoms with Gasteiger partial charge < -0.3 is 10.1 Å². The summed E-state index contributed by atoms with van der Waals surface area (Å²) in [5, 5.41) is 9.37. The van der Waals surface area contributed by atoms with E-state index in [1.54, 1.807) is 12.1 Å². The van der Waals surface area contributed by atoms with Gasteiger partial charge in [-0.1, -0.05) is 11.6 Å². The van der Waals surface area contributed by atoms with Crippen molar-refractivity contribution < 1.29 is 18.7 Å². The van der Waals surface area contributed by atoms with E-state index in [9.17, 15) is 13.6 Å². The smallest absolute Gasteiger partial charge is 0.309 e. The van der Waals surface area contributed by atoms with E-state index >= 15 is 0 Å². The molecule has 1 heterocycles. The van der Waals surface area contributed by atoms with Gasteiger partial charge in [-0.05, 0) is 24.3 Å². The zero-order valence-corrected chi connectivity index (χ0v) is 9.26. The maximum atomic E-state index is 13.5. The van der Waals surface area contributed by atoms with Gasteiger partial charge >= 0.3 is 5.97 Å². The Hall–Kier alpha value is -1.62. The zero-order chi connectivity index (χ0) is 12.6. The third-order valence-corrected chi connectivity index (χ3v) is 2.59. The molecule has 2 aromatic rings. The van der Waals surface area contributed by atoms with Gasteiger partial charge in [0.25, 0.3) is 5.92 Å². The van der Waals surface area contributed by atoms with Gasteiger partial charge in [0.2, 0.25) is 0 Å². The molecule has 17 heavy (non-hydrogen) atoms. The molecule has 0 aliphatic rings. The van der Waals surface area contributed by atoms with Crippen LogP contribution in [0.5, 0.6) is 0 Å². The molecular weight excluding hydrogens is 252 g/mol. The van der Waals surface area contributed by atoms with Crippen molar-refractivity contribution in [3.8, 4) is 0 Å². The summed E-state index contributed by atoms with van der Waals surface area (Å²) in [5.74, 6) is -4.97. The SMILES string of the molecule is O=C(O)CC(F)(F)c1cc2cc(Cl)ccc2[nH]1. The summed E-state index contributed by atoms with van der Waals surface area (Å²) in [4.78, 5) is 12.8. The number of fused-ring (bicyclic) bond motifs is 1. The predicted molar refractivity (Wildman–Crippen MR) is 59.5 cm³/mol. The number of carboxylic acids is 1. The number of benzene rings is 1. The topological polar surface area (TPSA) is 53.1 Å². The molecule has 0 bridgehead atoms. The van der Waals surface area contributed by atoms with Crippen molar-refractivity contribution in [2.75, 3.05) is 0 Å². The van der Waals surface area contributed by atoms with Gasteiger partial charge in [0.05, 0.1) is 5.69 Å². The predicted octanol–water partition coefficient (Wildman–Crippen LogP) is 3.39. The molecule has 0 amide bonds. The van der Waals surface area contributed by atoms with Crippen LogP contribution in [0.3, 0.4) is 0 Å². The van der Waals surface area contributed by atoms with Crippen LogP contribution < -0.4 is 0 Å². The van der Waals surface area contributed by atoms with E-state index in [2.05, 4.69) is 4.98 Å². The number of aromatic nitrogens is 1. The molecule has 3 nitrogen and oxygen atoms in total. The molecule has 0 saturated carbocycles. The van der Waals surface area contributed by atoms with Gasteiger partial charge in [-0.15, -0.1) is 0 Å². The molecule has 0 spiro atoms. The Labute approximate surface area is 100 Å². The molecule has 0 fully saturated rings. The van der Waals surface area contributed by atoms with Crippen molar-refractivity contribution in [3.63, 3.8) is 0 Å². The summed E-state index contributed by atoms with van der Waals surface area (Å²) >= 11 is 5.73. The zero-order valence-electron chi connectivity index (χ0n) is 8.51. The van der Waals surface area contributed by atoms with E-state index in [0.29, 0.717) is 15.9 Å². The Morgan fingerprint density at radius 1 is 1.41 bits per heavy atom. The molecular formula is C11H8ClF2NO2. The third kappa shape index (κ3) is 2.39. The third-order valence-electron chi connectivity index (χ3n) is 2.35. The van der Waals surface area contributed by atoms with Crippen LogP contribution in [0, 0.1) is 0 Å². The van der Waals surface area contributed by atoms with Crippen molar-refractivity contribution in [1.82, 2.24) is 4.98 Å². The first kappa shape index (κ1) is 11.9. The van der Waals surface area contributed by atoms with Crippen molar-refractivity contribution in [1.29, 1.82) is 0 Å². The highest BCUT2D eigenvalue weighted by molar-refractivity contribution is 6.31. The van der Waals surface area contributed by atoms with Crippen LogP contribution in [0.2, 0.25) is 5.02 Å². The molecule has 2 N–H and O–H groups in total. The number of carbonyl (C=O) groups is 1. The van der Waals surface area contributed by atoms with E-state index in [1.165, 1.54) is 12.1 Å². The van der Waals surface area contributed by atoms with Gasteiger partial charge in [0, 0.05) is 15.9 Å². The van der Waals surface area contributed by atoms with Crippen LogP contribution in [0.15, 0.2) is 24.3 Å². The highest BCUT2D eigenvalue weighted by atomic mass is 35.5. The van der Waals surface area contributed by atoms with E-state index in [4.69, 9.17) is 16.7 Å². The van der Waals surface area contributed by atoms with Crippen LogP contribution in [-0.4, -0.2) is 16.1 Å². The summed E-state index contributed by atoms with van der Waals surface area (Å²) in [5.41, 5.74) is 0.0756. The van der Waals surface area contributed by atoms with E-state index in [1.807, 2.05) is 0 Å². The quantitative estimate of drug-likeness (QED) is 0.888. The molecule has 0 radical (unpaired) electrons. The molecule has 1 aromatic carbocycles. The minimum absolute atomic E-state index is 0.419.